The van der Waals surface area contributed by atoms with Gasteiger partial charge in [0.05, 0.1) is 19.0 Å². The Morgan fingerprint density at radius 1 is 1.12 bits per heavy atom. The Hall–Kier alpha value is -2.39. The molecule has 0 saturated carbocycles. The second kappa shape index (κ2) is 8.63. The van der Waals surface area contributed by atoms with Gasteiger partial charge in [0, 0.05) is 45.3 Å². The Kier molecular flexibility index (Phi) is 6.54. The standard InChI is InChI=1S/C19H26N4O2/c1-15-11-16(2)13-18(12-15)23(6-4-5-20)19(25)14-21-7-9-22(10-8-21)17(3)24/h11-13H,4,6-10,14H2,1-3H3. The minimum absolute atomic E-state index is 0.00322. The summed E-state index contributed by atoms with van der Waals surface area (Å²) in [7, 11) is 0. The van der Waals surface area contributed by atoms with E-state index in [1.165, 1.54) is 0 Å². The van der Waals surface area contributed by atoms with Crippen molar-refractivity contribution in [3.05, 3.63) is 29.3 Å². The van der Waals surface area contributed by atoms with Gasteiger partial charge in [-0.15, -0.1) is 0 Å². The number of aryl methyl sites for hydroxylation is 2. The molecule has 1 aromatic rings. The molecule has 2 amide bonds. The Morgan fingerprint density at radius 3 is 2.24 bits per heavy atom. The zero-order valence-corrected chi connectivity index (χ0v) is 15.3. The maximum Gasteiger partial charge on any atom is 0.241 e. The molecule has 134 valence electrons. The van der Waals surface area contributed by atoms with Crippen LogP contribution in [0.1, 0.15) is 24.5 Å². The van der Waals surface area contributed by atoms with Gasteiger partial charge < -0.3 is 9.80 Å². The van der Waals surface area contributed by atoms with Crippen LogP contribution in [0.5, 0.6) is 0 Å². The molecule has 1 aromatic carbocycles. The lowest BCUT2D eigenvalue weighted by Crippen LogP contribution is -2.51. The second-order valence-electron chi connectivity index (χ2n) is 6.58. The molecule has 0 spiro atoms. The largest absolute Gasteiger partial charge is 0.340 e. The second-order valence-corrected chi connectivity index (χ2v) is 6.58. The highest BCUT2D eigenvalue weighted by molar-refractivity contribution is 5.95. The molecule has 1 saturated heterocycles. The summed E-state index contributed by atoms with van der Waals surface area (Å²) in [5, 5.41) is 8.92. The first kappa shape index (κ1) is 18.9. The normalized spacial score (nSPS) is 14.9. The Morgan fingerprint density at radius 2 is 1.72 bits per heavy atom. The molecule has 1 aliphatic heterocycles. The van der Waals surface area contributed by atoms with Gasteiger partial charge in [-0.25, -0.2) is 0 Å². The average molecular weight is 342 g/mol. The molecule has 0 aliphatic carbocycles. The number of amides is 2. The maximum atomic E-state index is 12.9. The number of carbonyl (C=O) groups is 2. The number of nitriles is 1. The number of benzene rings is 1. The van der Waals surface area contributed by atoms with E-state index in [0.29, 0.717) is 45.7 Å². The van der Waals surface area contributed by atoms with E-state index in [2.05, 4.69) is 17.0 Å². The lowest BCUT2D eigenvalue weighted by molar-refractivity contribution is -0.130. The van der Waals surface area contributed by atoms with E-state index in [1.54, 1.807) is 16.7 Å². The third-order valence-electron chi connectivity index (χ3n) is 4.44. The Bertz CT molecular complexity index is 652. The molecule has 0 unspecified atom stereocenters. The van der Waals surface area contributed by atoms with E-state index in [1.807, 2.05) is 26.0 Å². The van der Waals surface area contributed by atoms with Crippen LogP contribution in [0.15, 0.2) is 18.2 Å². The van der Waals surface area contributed by atoms with Gasteiger partial charge in [0.25, 0.3) is 0 Å². The summed E-state index contributed by atoms with van der Waals surface area (Å²) in [5.41, 5.74) is 3.04. The Balaban J connectivity index is 2.06. The zero-order chi connectivity index (χ0) is 18.4. The van der Waals surface area contributed by atoms with Gasteiger partial charge >= 0.3 is 0 Å². The van der Waals surface area contributed by atoms with E-state index < -0.39 is 0 Å². The number of anilines is 1. The number of nitrogens with zero attached hydrogens (tertiary/aromatic N) is 4. The fraction of sp³-hybridized carbons (Fsp3) is 0.526. The predicted molar refractivity (Wildman–Crippen MR) is 97.2 cm³/mol. The zero-order valence-electron chi connectivity index (χ0n) is 15.3. The minimum Gasteiger partial charge on any atom is -0.340 e. The summed E-state index contributed by atoms with van der Waals surface area (Å²) in [5.74, 6) is 0.0772. The van der Waals surface area contributed by atoms with Gasteiger partial charge in [-0.05, 0) is 37.1 Å². The van der Waals surface area contributed by atoms with Crippen LogP contribution in [0.2, 0.25) is 0 Å². The van der Waals surface area contributed by atoms with Gasteiger partial charge in [0.1, 0.15) is 0 Å². The van der Waals surface area contributed by atoms with Crippen molar-refractivity contribution < 1.29 is 9.59 Å². The summed E-state index contributed by atoms with van der Waals surface area (Å²) in [6, 6.07) is 8.15. The van der Waals surface area contributed by atoms with Crippen LogP contribution >= 0.6 is 0 Å². The highest BCUT2D eigenvalue weighted by Gasteiger charge is 2.23. The molecule has 6 heteroatoms. The van der Waals surface area contributed by atoms with Crippen LogP contribution in [-0.2, 0) is 9.59 Å². The first-order valence-electron chi connectivity index (χ1n) is 8.64. The van der Waals surface area contributed by atoms with Crippen LogP contribution in [0.25, 0.3) is 0 Å². The number of piperazine rings is 1. The number of rotatable bonds is 5. The lowest BCUT2D eigenvalue weighted by atomic mass is 10.1. The van der Waals surface area contributed by atoms with Gasteiger partial charge in [-0.1, -0.05) is 6.07 Å². The fourth-order valence-corrected chi connectivity index (χ4v) is 3.16. The van der Waals surface area contributed by atoms with Gasteiger partial charge in [-0.2, -0.15) is 5.26 Å². The number of carbonyl (C=O) groups excluding carboxylic acids is 2. The molecule has 1 heterocycles. The van der Waals surface area contributed by atoms with Crippen LogP contribution < -0.4 is 4.90 Å². The van der Waals surface area contributed by atoms with Crippen molar-refractivity contribution >= 4 is 17.5 Å². The smallest absolute Gasteiger partial charge is 0.241 e. The molecule has 0 radical (unpaired) electrons. The van der Waals surface area contributed by atoms with Crippen molar-refractivity contribution in [2.75, 3.05) is 44.2 Å². The predicted octanol–water partition coefficient (Wildman–Crippen LogP) is 1.71. The molecule has 6 nitrogen and oxygen atoms in total. The van der Waals surface area contributed by atoms with Crippen molar-refractivity contribution in [3.63, 3.8) is 0 Å². The summed E-state index contributed by atoms with van der Waals surface area (Å²) in [4.78, 5) is 29.8. The van der Waals surface area contributed by atoms with E-state index in [9.17, 15) is 9.59 Å². The molecule has 0 aromatic heterocycles. The number of hydrogen-bond donors (Lipinski definition) is 0. The first-order chi connectivity index (χ1) is 11.9. The topological polar surface area (TPSA) is 67.7 Å². The molecule has 25 heavy (non-hydrogen) atoms. The fourth-order valence-electron chi connectivity index (χ4n) is 3.16. The van der Waals surface area contributed by atoms with E-state index in [-0.39, 0.29) is 11.8 Å². The van der Waals surface area contributed by atoms with E-state index in [0.717, 1.165) is 16.8 Å². The maximum absolute atomic E-state index is 12.9. The molecule has 1 fully saturated rings. The molecule has 1 aliphatic rings. The highest BCUT2D eigenvalue weighted by atomic mass is 16.2. The monoisotopic (exact) mass is 342 g/mol. The van der Waals surface area contributed by atoms with Gasteiger partial charge in [-0.3, -0.25) is 14.5 Å². The summed E-state index contributed by atoms with van der Waals surface area (Å²) < 4.78 is 0. The number of hydrogen-bond acceptors (Lipinski definition) is 4. The average Bonchev–Trinajstić information content (AvgIpc) is 2.55. The van der Waals surface area contributed by atoms with Crippen molar-refractivity contribution in [1.82, 2.24) is 9.80 Å². The molecule has 2 rings (SSSR count). The van der Waals surface area contributed by atoms with Crippen LogP contribution in [0.4, 0.5) is 5.69 Å². The SMILES string of the molecule is CC(=O)N1CCN(CC(=O)N(CCC#N)c2cc(C)cc(C)c2)CC1. The highest BCUT2D eigenvalue weighted by Crippen LogP contribution is 2.20. The van der Waals surface area contributed by atoms with Crippen LogP contribution in [-0.4, -0.2) is 60.9 Å². The molecule has 0 atom stereocenters. The van der Waals surface area contributed by atoms with Crippen LogP contribution in [0.3, 0.4) is 0 Å². The molecular formula is C19H26N4O2. The first-order valence-corrected chi connectivity index (χ1v) is 8.64. The van der Waals surface area contributed by atoms with Crippen LogP contribution in [0, 0.1) is 25.2 Å². The summed E-state index contributed by atoms with van der Waals surface area (Å²) >= 11 is 0. The summed E-state index contributed by atoms with van der Waals surface area (Å²) in [6.45, 7) is 9.00. The van der Waals surface area contributed by atoms with Gasteiger partial charge in [0.15, 0.2) is 0 Å². The van der Waals surface area contributed by atoms with Crippen molar-refractivity contribution in [2.24, 2.45) is 0 Å². The summed E-state index contributed by atoms with van der Waals surface area (Å²) in [6.07, 6.45) is 0.302. The molecule has 0 N–H and O–H groups in total. The molecular weight excluding hydrogens is 316 g/mol. The Labute approximate surface area is 149 Å². The molecule has 0 bridgehead atoms. The lowest BCUT2D eigenvalue weighted by Gasteiger charge is -2.35. The van der Waals surface area contributed by atoms with Crippen molar-refractivity contribution in [1.29, 1.82) is 5.26 Å². The van der Waals surface area contributed by atoms with E-state index >= 15 is 0 Å². The third kappa shape index (κ3) is 5.30. The minimum atomic E-state index is -0.00322. The van der Waals surface area contributed by atoms with Crippen molar-refractivity contribution in [3.8, 4) is 6.07 Å². The van der Waals surface area contributed by atoms with Crippen molar-refractivity contribution in [2.45, 2.75) is 27.2 Å². The van der Waals surface area contributed by atoms with Gasteiger partial charge in [0.2, 0.25) is 11.8 Å². The quantitative estimate of drug-likeness (QED) is 0.817. The van der Waals surface area contributed by atoms with E-state index in [4.69, 9.17) is 5.26 Å². The third-order valence-corrected chi connectivity index (χ3v) is 4.44.